The summed E-state index contributed by atoms with van der Waals surface area (Å²) < 4.78 is 7.32. The monoisotopic (exact) mass is 301 g/mol. The fraction of sp³-hybridized carbons (Fsp3) is 0.526. The number of unbranched alkanes of at least 4 members (excludes halogenated alkanes) is 5. The summed E-state index contributed by atoms with van der Waals surface area (Å²) in [5, 5.41) is 1.11. The van der Waals surface area contributed by atoms with E-state index in [1.165, 1.54) is 32.1 Å². The molecule has 0 fully saturated rings. The Kier molecular flexibility index (Phi) is 6.50. The van der Waals surface area contributed by atoms with Gasteiger partial charge in [-0.25, -0.2) is 4.79 Å². The van der Waals surface area contributed by atoms with E-state index in [-0.39, 0.29) is 5.97 Å². The molecule has 0 radical (unpaired) electrons. The second-order valence-corrected chi connectivity index (χ2v) is 5.73. The van der Waals surface area contributed by atoms with Crippen LogP contribution in [0.5, 0.6) is 0 Å². The van der Waals surface area contributed by atoms with Gasteiger partial charge in [-0.2, -0.15) is 0 Å². The first kappa shape index (κ1) is 16.6. The summed E-state index contributed by atoms with van der Waals surface area (Å²) in [6.07, 6.45) is 7.51. The Balaban J connectivity index is 2.08. The minimum absolute atomic E-state index is 0.218. The molecule has 3 nitrogen and oxygen atoms in total. The number of para-hydroxylation sites is 1. The second-order valence-electron chi connectivity index (χ2n) is 5.73. The molecule has 1 heterocycles. The van der Waals surface area contributed by atoms with Crippen molar-refractivity contribution < 1.29 is 9.53 Å². The highest BCUT2D eigenvalue weighted by Gasteiger charge is 2.15. The molecule has 3 heteroatoms. The maximum absolute atomic E-state index is 12.2. The first-order valence-electron chi connectivity index (χ1n) is 8.53. The van der Waals surface area contributed by atoms with Gasteiger partial charge in [-0.05, 0) is 25.5 Å². The highest BCUT2D eigenvalue weighted by atomic mass is 16.5. The highest BCUT2D eigenvalue weighted by molar-refractivity contribution is 5.95. The lowest BCUT2D eigenvalue weighted by molar-refractivity contribution is 0.0514. The highest BCUT2D eigenvalue weighted by Crippen LogP contribution is 2.21. The Morgan fingerprint density at radius 2 is 1.77 bits per heavy atom. The number of esters is 1. The van der Waals surface area contributed by atoms with Crippen molar-refractivity contribution in [2.45, 2.75) is 58.9 Å². The van der Waals surface area contributed by atoms with Gasteiger partial charge >= 0.3 is 5.97 Å². The van der Waals surface area contributed by atoms with E-state index in [2.05, 4.69) is 23.6 Å². The predicted octanol–water partition coefficient (Wildman–Crippen LogP) is 5.18. The van der Waals surface area contributed by atoms with Gasteiger partial charge in [0.2, 0.25) is 0 Å². The average molecular weight is 301 g/mol. The smallest absolute Gasteiger partial charge is 0.354 e. The normalized spacial score (nSPS) is 11.0. The third-order valence-electron chi connectivity index (χ3n) is 4.03. The van der Waals surface area contributed by atoms with Crippen molar-refractivity contribution in [2.75, 3.05) is 6.61 Å². The van der Waals surface area contributed by atoms with Crippen molar-refractivity contribution in [3.63, 3.8) is 0 Å². The molecular weight excluding hydrogens is 274 g/mol. The Hall–Kier alpha value is -1.77. The number of aryl methyl sites for hydroxylation is 1. The van der Waals surface area contributed by atoms with Crippen LogP contribution in [-0.4, -0.2) is 17.1 Å². The van der Waals surface area contributed by atoms with Crippen molar-refractivity contribution in [2.24, 2.45) is 0 Å². The largest absolute Gasteiger partial charge is 0.461 e. The molecule has 0 spiro atoms. The van der Waals surface area contributed by atoms with E-state index in [1.54, 1.807) is 0 Å². The molecule has 2 aromatic rings. The number of hydrogen-bond acceptors (Lipinski definition) is 2. The molecule has 0 N–H and O–H groups in total. The first-order chi connectivity index (χ1) is 10.8. The lowest BCUT2D eigenvalue weighted by atomic mass is 10.1. The molecular formula is C19H27NO2. The molecule has 2 rings (SSSR count). The molecule has 0 bridgehead atoms. The molecule has 1 aromatic heterocycles. The summed E-state index contributed by atoms with van der Waals surface area (Å²) in [5.74, 6) is -0.218. The van der Waals surface area contributed by atoms with E-state index < -0.39 is 0 Å². The van der Waals surface area contributed by atoms with Gasteiger partial charge in [-0.15, -0.1) is 0 Å². The Morgan fingerprint density at radius 1 is 1.05 bits per heavy atom. The second kappa shape index (κ2) is 8.62. The van der Waals surface area contributed by atoms with Gasteiger partial charge < -0.3 is 9.30 Å². The lowest BCUT2D eigenvalue weighted by Gasteiger charge is -2.10. The predicted molar refractivity (Wildman–Crippen MR) is 91.3 cm³/mol. The maximum Gasteiger partial charge on any atom is 0.354 e. The lowest BCUT2D eigenvalue weighted by Crippen LogP contribution is -2.12. The number of ether oxygens (including phenoxy) is 1. The zero-order valence-corrected chi connectivity index (χ0v) is 13.8. The van der Waals surface area contributed by atoms with Crippen LogP contribution in [0.3, 0.4) is 0 Å². The molecule has 0 saturated carbocycles. The molecule has 0 saturated heterocycles. The summed E-state index contributed by atoms with van der Waals surface area (Å²) in [4.78, 5) is 12.2. The first-order valence-corrected chi connectivity index (χ1v) is 8.53. The van der Waals surface area contributed by atoms with Gasteiger partial charge in [0, 0.05) is 17.4 Å². The van der Waals surface area contributed by atoms with Crippen LogP contribution in [0.4, 0.5) is 0 Å². The zero-order chi connectivity index (χ0) is 15.8. The quantitative estimate of drug-likeness (QED) is 0.472. The molecule has 22 heavy (non-hydrogen) atoms. The number of benzene rings is 1. The van der Waals surface area contributed by atoms with Crippen molar-refractivity contribution in [1.29, 1.82) is 0 Å². The molecule has 0 aliphatic carbocycles. The molecule has 0 aliphatic heterocycles. The van der Waals surface area contributed by atoms with Gasteiger partial charge in [0.1, 0.15) is 5.69 Å². The van der Waals surface area contributed by atoms with Gasteiger partial charge in [0.15, 0.2) is 0 Å². The van der Waals surface area contributed by atoms with E-state index in [0.29, 0.717) is 12.3 Å². The minimum atomic E-state index is -0.218. The number of rotatable bonds is 9. The number of hydrogen-bond donors (Lipinski definition) is 0. The number of carbonyl (C=O) groups is 1. The van der Waals surface area contributed by atoms with Crippen molar-refractivity contribution in [1.82, 2.24) is 4.57 Å². The summed E-state index contributed by atoms with van der Waals surface area (Å²) in [5.41, 5.74) is 1.80. The van der Waals surface area contributed by atoms with Crippen LogP contribution < -0.4 is 0 Å². The van der Waals surface area contributed by atoms with Gasteiger partial charge in [0.25, 0.3) is 0 Å². The van der Waals surface area contributed by atoms with Gasteiger partial charge in [-0.1, -0.05) is 57.2 Å². The van der Waals surface area contributed by atoms with Crippen LogP contribution in [-0.2, 0) is 11.3 Å². The molecule has 0 unspecified atom stereocenters. The van der Waals surface area contributed by atoms with Crippen LogP contribution in [0.25, 0.3) is 10.9 Å². The van der Waals surface area contributed by atoms with E-state index >= 15 is 0 Å². The summed E-state index contributed by atoms with van der Waals surface area (Å²) >= 11 is 0. The fourth-order valence-corrected chi connectivity index (χ4v) is 2.88. The van der Waals surface area contributed by atoms with Crippen LogP contribution in [0, 0.1) is 0 Å². The topological polar surface area (TPSA) is 31.2 Å². The molecule has 0 amide bonds. The molecule has 120 valence electrons. The third-order valence-corrected chi connectivity index (χ3v) is 4.03. The maximum atomic E-state index is 12.2. The summed E-state index contributed by atoms with van der Waals surface area (Å²) in [6, 6.07) is 10.1. The number of aromatic nitrogens is 1. The Morgan fingerprint density at radius 3 is 2.55 bits per heavy atom. The summed E-state index contributed by atoms with van der Waals surface area (Å²) in [7, 11) is 0. The van der Waals surface area contributed by atoms with E-state index in [9.17, 15) is 4.79 Å². The van der Waals surface area contributed by atoms with Crippen LogP contribution in [0.15, 0.2) is 30.3 Å². The minimum Gasteiger partial charge on any atom is -0.461 e. The molecule has 0 atom stereocenters. The zero-order valence-electron chi connectivity index (χ0n) is 13.8. The van der Waals surface area contributed by atoms with Crippen LogP contribution in [0.2, 0.25) is 0 Å². The van der Waals surface area contributed by atoms with Gasteiger partial charge in [-0.3, -0.25) is 0 Å². The Bertz CT molecular complexity index is 601. The number of fused-ring (bicyclic) bond motifs is 1. The van der Waals surface area contributed by atoms with Gasteiger partial charge in [0.05, 0.1) is 6.61 Å². The van der Waals surface area contributed by atoms with Crippen molar-refractivity contribution in [3.05, 3.63) is 36.0 Å². The van der Waals surface area contributed by atoms with Crippen molar-refractivity contribution in [3.8, 4) is 0 Å². The number of carbonyl (C=O) groups excluding carboxylic acids is 1. The fourth-order valence-electron chi connectivity index (χ4n) is 2.88. The number of nitrogens with zero attached hydrogens (tertiary/aromatic N) is 1. The Labute approximate surface area is 133 Å². The van der Waals surface area contributed by atoms with E-state index in [0.717, 1.165) is 23.9 Å². The SMILES string of the molecule is CCCCCCCCn1c(C(=O)OCC)cc2ccccc21. The van der Waals surface area contributed by atoms with E-state index in [4.69, 9.17) is 4.74 Å². The van der Waals surface area contributed by atoms with Crippen LogP contribution >= 0.6 is 0 Å². The molecule has 1 aromatic carbocycles. The van der Waals surface area contributed by atoms with E-state index in [1.807, 2.05) is 25.1 Å². The summed E-state index contributed by atoms with van der Waals surface area (Å²) in [6.45, 7) is 5.38. The van der Waals surface area contributed by atoms with Crippen LogP contribution in [0.1, 0.15) is 62.9 Å². The average Bonchev–Trinajstić information content (AvgIpc) is 2.90. The third kappa shape index (κ3) is 4.12. The van der Waals surface area contributed by atoms with Crippen molar-refractivity contribution >= 4 is 16.9 Å². The standard InChI is InChI=1S/C19H27NO2/c1-3-5-6-7-8-11-14-20-17-13-10-9-12-16(17)15-18(20)19(21)22-4-2/h9-10,12-13,15H,3-8,11,14H2,1-2H3. The molecule has 0 aliphatic rings.